The number of hydrogen-bond donors (Lipinski definition) is 1. The van der Waals surface area contributed by atoms with Crippen LogP contribution in [0.2, 0.25) is 0 Å². The van der Waals surface area contributed by atoms with Crippen LogP contribution in [0.5, 0.6) is 5.88 Å². The molecule has 0 amide bonds. The van der Waals surface area contributed by atoms with E-state index in [1.54, 1.807) is 18.0 Å². The van der Waals surface area contributed by atoms with E-state index in [1.807, 2.05) is 23.7 Å². The van der Waals surface area contributed by atoms with Gasteiger partial charge in [-0.3, -0.25) is 0 Å². The number of benzene rings is 1. The van der Waals surface area contributed by atoms with Crippen LogP contribution in [-0.4, -0.2) is 14.7 Å². The molecule has 0 bridgehead atoms. The van der Waals surface area contributed by atoms with Crippen molar-refractivity contribution in [2.75, 3.05) is 0 Å². The minimum absolute atomic E-state index is 0.0762. The van der Waals surface area contributed by atoms with Gasteiger partial charge in [-0.05, 0) is 18.2 Å². The van der Waals surface area contributed by atoms with Crippen molar-refractivity contribution in [1.82, 2.24) is 9.55 Å². The lowest BCUT2D eigenvalue weighted by Crippen LogP contribution is -1.94. The molecule has 0 aliphatic rings. The van der Waals surface area contributed by atoms with E-state index >= 15 is 0 Å². The predicted molar refractivity (Wildman–Crippen MR) is 68.6 cm³/mol. The fourth-order valence-corrected chi connectivity index (χ4v) is 2.83. The Morgan fingerprint density at radius 3 is 2.94 bits per heavy atom. The Labute approximate surface area is 107 Å². The van der Waals surface area contributed by atoms with Crippen molar-refractivity contribution in [2.45, 2.75) is 10.6 Å². The molecule has 0 radical (unpaired) electrons. The molecule has 2 aromatic rings. The van der Waals surface area contributed by atoms with Crippen LogP contribution in [-0.2, 0) is 12.8 Å². The number of thioether (sulfide) groups is 1. The summed E-state index contributed by atoms with van der Waals surface area (Å²) in [5, 5.41) is 9.23. The Kier molecular flexibility index (Phi) is 3.56. The van der Waals surface area contributed by atoms with Crippen molar-refractivity contribution in [1.29, 1.82) is 0 Å². The summed E-state index contributed by atoms with van der Waals surface area (Å²) < 4.78 is 2.90. The molecule has 2 rings (SSSR count). The van der Waals surface area contributed by atoms with Gasteiger partial charge in [0.15, 0.2) is 0 Å². The number of rotatable bonds is 3. The number of hydrogen-bond acceptors (Lipinski definition) is 3. The van der Waals surface area contributed by atoms with Gasteiger partial charge < -0.3 is 9.67 Å². The molecule has 1 heterocycles. The molecule has 0 unspecified atom stereocenters. The van der Waals surface area contributed by atoms with Gasteiger partial charge >= 0.3 is 0 Å². The van der Waals surface area contributed by atoms with Gasteiger partial charge in [0, 0.05) is 16.4 Å². The molecule has 0 saturated carbocycles. The van der Waals surface area contributed by atoms with Crippen molar-refractivity contribution < 1.29 is 5.11 Å². The second-order valence-corrected chi connectivity index (χ2v) is 5.34. The lowest BCUT2D eigenvalue weighted by atomic mass is 10.4. The van der Waals surface area contributed by atoms with Crippen LogP contribution in [0.4, 0.5) is 0 Å². The highest BCUT2D eigenvalue weighted by molar-refractivity contribution is 9.10. The van der Waals surface area contributed by atoms with Crippen LogP contribution >= 0.6 is 27.7 Å². The molecule has 0 atom stereocenters. The standard InChI is InChI=1S/C11H11BrN2OS/c1-14-6-11(15)13-10(14)7-16-9-4-2-3-8(12)5-9/h2-6,15H,7H2,1H3. The SMILES string of the molecule is Cn1cc(O)nc1CSc1cccc(Br)c1. The smallest absolute Gasteiger partial charge is 0.229 e. The van der Waals surface area contributed by atoms with E-state index in [9.17, 15) is 5.11 Å². The van der Waals surface area contributed by atoms with E-state index in [4.69, 9.17) is 0 Å². The highest BCUT2D eigenvalue weighted by Crippen LogP contribution is 2.25. The number of imidazole rings is 1. The number of aryl methyl sites for hydroxylation is 1. The predicted octanol–water partition coefficient (Wildman–Crippen LogP) is 3.18. The van der Waals surface area contributed by atoms with Gasteiger partial charge in [0.25, 0.3) is 0 Å². The lowest BCUT2D eigenvalue weighted by molar-refractivity contribution is 0.455. The second-order valence-electron chi connectivity index (χ2n) is 3.37. The summed E-state index contributed by atoms with van der Waals surface area (Å²) in [5.74, 6) is 1.68. The summed E-state index contributed by atoms with van der Waals surface area (Å²) in [6.07, 6.45) is 1.61. The van der Waals surface area contributed by atoms with E-state index in [1.165, 1.54) is 4.90 Å². The van der Waals surface area contributed by atoms with Crippen molar-refractivity contribution in [2.24, 2.45) is 7.05 Å². The van der Waals surface area contributed by atoms with Crippen molar-refractivity contribution in [3.05, 3.63) is 40.8 Å². The van der Waals surface area contributed by atoms with Gasteiger partial charge in [-0.2, -0.15) is 4.98 Å². The molecule has 0 spiro atoms. The monoisotopic (exact) mass is 298 g/mol. The van der Waals surface area contributed by atoms with E-state index in [0.29, 0.717) is 0 Å². The number of aromatic nitrogens is 2. The Morgan fingerprint density at radius 1 is 1.50 bits per heavy atom. The molecule has 0 fully saturated rings. The largest absolute Gasteiger partial charge is 0.492 e. The Balaban J connectivity index is 2.05. The number of halogens is 1. The highest BCUT2D eigenvalue weighted by Gasteiger charge is 2.04. The molecule has 1 N–H and O–H groups in total. The molecule has 1 aromatic carbocycles. The summed E-state index contributed by atoms with van der Waals surface area (Å²) in [7, 11) is 1.88. The van der Waals surface area contributed by atoms with E-state index in [2.05, 4.69) is 33.0 Å². The van der Waals surface area contributed by atoms with E-state index in [-0.39, 0.29) is 5.88 Å². The fraction of sp³-hybridized carbons (Fsp3) is 0.182. The van der Waals surface area contributed by atoms with E-state index in [0.717, 1.165) is 16.0 Å². The molecular weight excluding hydrogens is 288 g/mol. The van der Waals surface area contributed by atoms with Gasteiger partial charge in [0.05, 0.1) is 11.9 Å². The zero-order valence-corrected chi connectivity index (χ0v) is 11.1. The summed E-state index contributed by atoms with van der Waals surface area (Å²) >= 11 is 5.12. The first-order valence-electron chi connectivity index (χ1n) is 4.75. The Hall–Kier alpha value is -0.940. The van der Waals surface area contributed by atoms with Crippen LogP contribution in [0.3, 0.4) is 0 Å². The first-order valence-corrected chi connectivity index (χ1v) is 6.52. The van der Waals surface area contributed by atoms with Crippen LogP contribution in [0.1, 0.15) is 5.82 Å². The number of aromatic hydroxyl groups is 1. The Bertz CT molecular complexity index is 498. The molecule has 0 aliphatic carbocycles. The summed E-state index contributed by atoms with van der Waals surface area (Å²) in [5.41, 5.74) is 0. The summed E-state index contributed by atoms with van der Waals surface area (Å²) in [6, 6.07) is 8.12. The third kappa shape index (κ3) is 2.80. The maximum absolute atomic E-state index is 9.23. The van der Waals surface area contributed by atoms with Crippen molar-refractivity contribution in [3.8, 4) is 5.88 Å². The maximum Gasteiger partial charge on any atom is 0.229 e. The second kappa shape index (κ2) is 4.93. The lowest BCUT2D eigenvalue weighted by Gasteiger charge is -2.02. The van der Waals surface area contributed by atoms with Crippen LogP contribution < -0.4 is 0 Å². The molecular formula is C11H11BrN2OS. The molecule has 1 aromatic heterocycles. The van der Waals surface area contributed by atoms with E-state index < -0.39 is 0 Å². The Morgan fingerprint density at radius 2 is 2.31 bits per heavy atom. The third-order valence-electron chi connectivity index (χ3n) is 2.12. The molecule has 5 heteroatoms. The fourth-order valence-electron chi connectivity index (χ4n) is 1.33. The molecule has 0 saturated heterocycles. The van der Waals surface area contributed by atoms with Gasteiger partial charge in [0.1, 0.15) is 5.82 Å². The van der Waals surface area contributed by atoms with Gasteiger partial charge in [-0.15, -0.1) is 11.8 Å². The van der Waals surface area contributed by atoms with Crippen LogP contribution in [0, 0.1) is 0 Å². The van der Waals surface area contributed by atoms with Crippen molar-refractivity contribution in [3.63, 3.8) is 0 Å². The molecule has 0 aliphatic heterocycles. The van der Waals surface area contributed by atoms with Crippen LogP contribution in [0.15, 0.2) is 39.8 Å². The van der Waals surface area contributed by atoms with Gasteiger partial charge in [-0.1, -0.05) is 22.0 Å². The normalized spacial score (nSPS) is 10.6. The molecule has 84 valence electrons. The quantitative estimate of drug-likeness (QED) is 0.885. The average molecular weight is 299 g/mol. The molecule has 16 heavy (non-hydrogen) atoms. The first kappa shape index (κ1) is 11.5. The van der Waals surface area contributed by atoms with Crippen LogP contribution in [0.25, 0.3) is 0 Å². The molecule has 3 nitrogen and oxygen atoms in total. The maximum atomic E-state index is 9.23. The van der Waals surface area contributed by atoms with Gasteiger partial charge in [0.2, 0.25) is 5.88 Å². The minimum atomic E-state index is 0.0762. The zero-order chi connectivity index (χ0) is 11.5. The van der Waals surface area contributed by atoms with Crippen molar-refractivity contribution >= 4 is 27.7 Å². The minimum Gasteiger partial charge on any atom is -0.492 e. The first-order chi connectivity index (χ1) is 7.65. The summed E-state index contributed by atoms with van der Waals surface area (Å²) in [6.45, 7) is 0. The zero-order valence-electron chi connectivity index (χ0n) is 8.72. The number of nitrogens with zero attached hydrogens (tertiary/aromatic N) is 2. The third-order valence-corrected chi connectivity index (χ3v) is 3.61. The average Bonchev–Trinajstić information content (AvgIpc) is 2.54. The topological polar surface area (TPSA) is 38.0 Å². The van der Waals surface area contributed by atoms with Gasteiger partial charge in [-0.25, -0.2) is 0 Å². The highest BCUT2D eigenvalue weighted by atomic mass is 79.9. The summed E-state index contributed by atoms with van der Waals surface area (Å²) in [4.78, 5) is 5.21.